The molecule has 1 heterocycles. The lowest BCUT2D eigenvalue weighted by Gasteiger charge is -2.58. The molecular weight excluding hydrogens is 404 g/mol. The topological polar surface area (TPSA) is 21.8 Å². The fourth-order valence-electron chi connectivity index (χ4n) is 9.49. The van der Waals surface area contributed by atoms with Crippen LogP contribution in [0.4, 0.5) is 0 Å². The van der Waals surface area contributed by atoms with Gasteiger partial charge in [0.2, 0.25) is 0 Å². The van der Waals surface area contributed by atoms with Crippen molar-refractivity contribution in [2.45, 2.75) is 130 Å². The number of rotatable bonds is 8. The third-order valence-electron chi connectivity index (χ3n) is 11.5. The molecule has 1 aliphatic heterocycles. The van der Waals surface area contributed by atoms with Gasteiger partial charge in [-0.25, -0.2) is 0 Å². The van der Waals surface area contributed by atoms with E-state index in [-0.39, 0.29) is 6.10 Å². The van der Waals surface area contributed by atoms with Crippen LogP contribution in [0, 0.1) is 46.3 Å². The molecule has 0 radical (unpaired) electrons. The van der Waals surface area contributed by atoms with Crippen molar-refractivity contribution in [3.8, 4) is 0 Å². The summed E-state index contributed by atoms with van der Waals surface area (Å²) in [6.07, 6.45) is 19.1. The van der Waals surface area contributed by atoms with Crippen LogP contribution in [0.3, 0.4) is 0 Å². The van der Waals surface area contributed by atoms with Crippen LogP contribution in [0.2, 0.25) is 0 Å². The zero-order valence-corrected chi connectivity index (χ0v) is 22.6. The molecule has 4 aliphatic carbocycles. The zero-order valence-electron chi connectivity index (χ0n) is 22.6. The number of epoxide rings is 1. The molecule has 0 aromatic rings. The van der Waals surface area contributed by atoms with Gasteiger partial charge in [-0.3, -0.25) is 0 Å². The second kappa shape index (κ2) is 9.27. The number of fused-ring (bicyclic) bond motifs is 5. The molecule has 2 nitrogen and oxygen atoms in total. The summed E-state index contributed by atoms with van der Waals surface area (Å²) in [4.78, 5) is 0. The van der Waals surface area contributed by atoms with E-state index >= 15 is 0 Å². The van der Waals surface area contributed by atoms with Gasteiger partial charge in [-0.2, -0.15) is 0 Å². The molecule has 2 heteroatoms. The first-order valence-corrected chi connectivity index (χ1v) is 14.7. The summed E-state index contributed by atoms with van der Waals surface area (Å²) in [5, 5.41) is 0. The van der Waals surface area contributed by atoms with Crippen LogP contribution in [0.15, 0.2) is 11.6 Å². The molecule has 0 aromatic heterocycles. The molecule has 0 aromatic carbocycles. The predicted molar refractivity (Wildman–Crippen MR) is 137 cm³/mol. The largest absolute Gasteiger partial charge is 0.372 e. The maximum absolute atomic E-state index is 6.45. The van der Waals surface area contributed by atoms with Crippen LogP contribution >= 0.6 is 0 Å². The number of hydrogen-bond donors (Lipinski definition) is 0. The molecule has 10 atom stereocenters. The molecule has 10 unspecified atom stereocenters. The first-order chi connectivity index (χ1) is 15.7. The molecule has 3 saturated carbocycles. The lowest BCUT2D eigenvalue weighted by atomic mass is 9.47. The second-order valence-corrected chi connectivity index (χ2v) is 13.9. The lowest BCUT2D eigenvalue weighted by molar-refractivity contribution is -0.0758. The van der Waals surface area contributed by atoms with E-state index in [0.717, 1.165) is 42.1 Å². The van der Waals surface area contributed by atoms with Gasteiger partial charge in [0, 0.05) is 0 Å². The maximum Gasteiger partial charge on any atom is 0.107 e. The quantitative estimate of drug-likeness (QED) is 0.271. The normalized spacial score (nSPS) is 46.2. The van der Waals surface area contributed by atoms with E-state index in [0.29, 0.717) is 23.0 Å². The highest BCUT2D eigenvalue weighted by Gasteiger charge is 2.59. The van der Waals surface area contributed by atoms with Gasteiger partial charge in [-0.15, -0.1) is 0 Å². The Hall–Kier alpha value is -0.340. The van der Waals surface area contributed by atoms with Crippen LogP contribution in [0.5, 0.6) is 0 Å². The summed E-state index contributed by atoms with van der Waals surface area (Å²) in [6, 6.07) is 0. The number of allylic oxidation sites excluding steroid dienone is 1. The summed E-state index contributed by atoms with van der Waals surface area (Å²) < 4.78 is 11.9. The molecule has 0 N–H and O–H groups in total. The van der Waals surface area contributed by atoms with E-state index in [1.807, 2.05) is 0 Å². The minimum absolute atomic E-state index is 0.268. The first-order valence-electron chi connectivity index (χ1n) is 14.7. The zero-order chi connectivity index (χ0) is 23.4. The van der Waals surface area contributed by atoms with Gasteiger partial charge in [-0.1, -0.05) is 65.5 Å². The standard InChI is InChI=1S/C31H52O2/c1-20(2)8-7-9-21(3)26-12-13-27-25-11-10-23-18-24(33-22(4)29-19-32-29)14-16-30(23,5)28(25)15-17-31(26,27)6/h10,20-22,24-29H,7-9,11-19H2,1-6H3. The highest BCUT2D eigenvalue weighted by molar-refractivity contribution is 5.25. The summed E-state index contributed by atoms with van der Waals surface area (Å²) in [5.74, 6) is 5.53. The van der Waals surface area contributed by atoms with Crippen molar-refractivity contribution in [3.05, 3.63) is 11.6 Å². The molecule has 0 bridgehead atoms. The molecular formula is C31H52O2. The fourth-order valence-corrected chi connectivity index (χ4v) is 9.49. The van der Waals surface area contributed by atoms with Gasteiger partial charge in [0.15, 0.2) is 0 Å². The molecule has 33 heavy (non-hydrogen) atoms. The fraction of sp³-hybridized carbons (Fsp3) is 0.935. The number of ether oxygens (including phenoxy) is 2. The van der Waals surface area contributed by atoms with Crippen molar-refractivity contribution in [1.29, 1.82) is 0 Å². The Morgan fingerprint density at radius 2 is 1.79 bits per heavy atom. The second-order valence-electron chi connectivity index (χ2n) is 13.9. The van der Waals surface area contributed by atoms with Gasteiger partial charge in [-0.05, 0) is 105 Å². The van der Waals surface area contributed by atoms with Gasteiger partial charge in [0.05, 0.1) is 18.8 Å². The summed E-state index contributed by atoms with van der Waals surface area (Å²) in [7, 11) is 0. The van der Waals surface area contributed by atoms with Crippen molar-refractivity contribution in [2.75, 3.05) is 6.61 Å². The van der Waals surface area contributed by atoms with Crippen molar-refractivity contribution in [2.24, 2.45) is 46.3 Å². The Kier molecular flexibility index (Phi) is 6.84. The van der Waals surface area contributed by atoms with Crippen LogP contribution in [-0.4, -0.2) is 24.9 Å². The SMILES string of the molecule is CC(C)CCCC(C)C1CCC2C3CC=C4CC(OC(C)C5CO5)CCC4(C)C3CCC12C. The van der Waals surface area contributed by atoms with E-state index in [9.17, 15) is 0 Å². The first kappa shape index (κ1) is 24.4. The molecule has 0 spiro atoms. The molecule has 1 saturated heterocycles. The van der Waals surface area contributed by atoms with Crippen LogP contribution in [0.1, 0.15) is 112 Å². The minimum Gasteiger partial charge on any atom is -0.372 e. The van der Waals surface area contributed by atoms with Crippen molar-refractivity contribution in [1.82, 2.24) is 0 Å². The highest BCUT2D eigenvalue weighted by atomic mass is 16.6. The van der Waals surface area contributed by atoms with E-state index in [1.54, 1.807) is 5.57 Å². The van der Waals surface area contributed by atoms with E-state index in [2.05, 4.69) is 47.6 Å². The molecule has 5 rings (SSSR count). The Bertz CT molecular complexity index is 722. The average molecular weight is 457 g/mol. The average Bonchev–Trinajstić information content (AvgIpc) is 3.55. The van der Waals surface area contributed by atoms with Gasteiger partial charge in [0.25, 0.3) is 0 Å². The monoisotopic (exact) mass is 456 g/mol. The van der Waals surface area contributed by atoms with Gasteiger partial charge in [0.1, 0.15) is 6.10 Å². The van der Waals surface area contributed by atoms with E-state index < -0.39 is 0 Å². The van der Waals surface area contributed by atoms with Crippen molar-refractivity contribution < 1.29 is 9.47 Å². The summed E-state index contributed by atoms with van der Waals surface area (Å²) in [6.45, 7) is 15.8. The Morgan fingerprint density at radius 1 is 1.00 bits per heavy atom. The Balaban J connectivity index is 1.26. The van der Waals surface area contributed by atoms with Crippen LogP contribution in [0.25, 0.3) is 0 Å². The third kappa shape index (κ3) is 4.50. The maximum atomic E-state index is 6.45. The predicted octanol–water partition coefficient (Wildman–Crippen LogP) is 8.20. The lowest BCUT2D eigenvalue weighted by Crippen LogP contribution is -2.51. The van der Waals surface area contributed by atoms with Crippen LogP contribution in [-0.2, 0) is 9.47 Å². The van der Waals surface area contributed by atoms with Crippen LogP contribution < -0.4 is 0 Å². The van der Waals surface area contributed by atoms with Gasteiger partial charge >= 0.3 is 0 Å². The summed E-state index contributed by atoms with van der Waals surface area (Å²) >= 11 is 0. The molecule has 188 valence electrons. The Morgan fingerprint density at radius 3 is 2.52 bits per heavy atom. The molecule has 0 amide bonds. The van der Waals surface area contributed by atoms with Crippen molar-refractivity contribution >= 4 is 0 Å². The number of hydrogen-bond acceptors (Lipinski definition) is 2. The summed E-state index contributed by atoms with van der Waals surface area (Å²) in [5.41, 5.74) is 2.79. The minimum atomic E-state index is 0.268. The smallest absolute Gasteiger partial charge is 0.107 e. The Labute approximate surface area is 204 Å². The molecule has 4 fully saturated rings. The third-order valence-corrected chi connectivity index (χ3v) is 11.5. The van der Waals surface area contributed by atoms with E-state index in [4.69, 9.17) is 9.47 Å². The van der Waals surface area contributed by atoms with Gasteiger partial charge < -0.3 is 9.47 Å². The van der Waals surface area contributed by atoms with E-state index in [1.165, 1.54) is 70.6 Å². The molecule has 5 aliphatic rings. The highest BCUT2D eigenvalue weighted by Crippen LogP contribution is 2.67. The van der Waals surface area contributed by atoms with Crippen molar-refractivity contribution in [3.63, 3.8) is 0 Å².